The Hall–Kier alpha value is -1.10. The Labute approximate surface area is 102 Å². The average molecular weight is 243 g/mol. The maximum Gasteiger partial charge on any atom is 0.323 e. The number of carboxylic acids is 1. The molecule has 0 bridgehead atoms. The Morgan fingerprint density at radius 2 is 2.18 bits per heavy atom. The number of carboxylic acid groups (broad SMARTS) is 1. The number of carbonyl (C=O) groups excluding carboxylic acids is 1. The molecule has 1 atom stereocenters. The zero-order valence-electron chi connectivity index (χ0n) is 10.5. The summed E-state index contributed by atoms with van der Waals surface area (Å²) < 4.78 is 5.39. The molecule has 17 heavy (non-hydrogen) atoms. The van der Waals surface area contributed by atoms with Crippen LogP contribution in [0.5, 0.6) is 0 Å². The van der Waals surface area contributed by atoms with Crippen molar-refractivity contribution in [1.82, 2.24) is 4.90 Å². The summed E-state index contributed by atoms with van der Waals surface area (Å²) in [6, 6.07) is 0. The lowest BCUT2D eigenvalue weighted by Gasteiger charge is -2.24. The van der Waals surface area contributed by atoms with Gasteiger partial charge in [-0.2, -0.15) is 0 Å². The normalized spacial score (nSPS) is 19.6. The molecule has 1 rings (SSSR count). The van der Waals surface area contributed by atoms with Crippen LogP contribution < -0.4 is 0 Å². The molecule has 5 nitrogen and oxygen atoms in total. The van der Waals surface area contributed by atoms with E-state index in [4.69, 9.17) is 9.84 Å². The van der Waals surface area contributed by atoms with Gasteiger partial charge in [-0.15, -0.1) is 0 Å². The van der Waals surface area contributed by atoms with Gasteiger partial charge >= 0.3 is 5.97 Å². The fourth-order valence-electron chi connectivity index (χ4n) is 1.99. The lowest BCUT2D eigenvalue weighted by atomic mass is 10.1. The van der Waals surface area contributed by atoms with Crippen molar-refractivity contribution in [2.45, 2.75) is 39.2 Å². The summed E-state index contributed by atoms with van der Waals surface area (Å²) in [7, 11) is 0. The molecule has 1 aliphatic rings. The van der Waals surface area contributed by atoms with Crippen molar-refractivity contribution >= 4 is 11.9 Å². The van der Waals surface area contributed by atoms with Gasteiger partial charge in [0.25, 0.3) is 0 Å². The SMILES string of the molecule is CC(C)CN(CC(=O)O)C(=O)CC1CCCO1. The zero-order chi connectivity index (χ0) is 12.8. The van der Waals surface area contributed by atoms with Crippen molar-refractivity contribution in [2.75, 3.05) is 19.7 Å². The number of hydrogen-bond acceptors (Lipinski definition) is 3. The number of nitrogens with zero attached hydrogens (tertiary/aromatic N) is 1. The number of hydrogen-bond donors (Lipinski definition) is 1. The van der Waals surface area contributed by atoms with E-state index in [0.29, 0.717) is 19.6 Å². The maximum atomic E-state index is 12.0. The Kier molecular flexibility index (Phi) is 5.41. The molecule has 1 saturated heterocycles. The van der Waals surface area contributed by atoms with Gasteiger partial charge in [0.2, 0.25) is 5.91 Å². The van der Waals surface area contributed by atoms with Crippen LogP contribution in [0, 0.1) is 5.92 Å². The number of amides is 1. The smallest absolute Gasteiger partial charge is 0.323 e. The maximum absolute atomic E-state index is 12.0. The van der Waals surface area contributed by atoms with Gasteiger partial charge in [0.1, 0.15) is 6.54 Å². The quantitative estimate of drug-likeness (QED) is 0.759. The van der Waals surface area contributed by atoms with E-state index in [0.717, 1.165) is 12.8 Å². The molecule has 1 amide bonds. The molecule has 1 unspecified atom stereocenters. The molecule has 1 aliphatic heterocycles. The van der Waals surface area contributed by atoms with Gasteiger partial charge in [-0.05, 0) is 18.8 Å². The summed E-state index contributed by atoms with van der Waals surface area (Å²) >= 11 is 0. The molecule has 0 aromatic carbocycles. The first-order chi connectivity index (χ1) is 7.99. The highest BCUT2D eigenvalue weighted by Gasteiger charge is 2.24. The van der Waals surface area contributed by atoms with Crippen molar-refractivity contribution < 1.29 is 19.4 Å². The van der Waals surface area contributed by atoms with Gasteiger partial charge < -0.3 is 14.7 Å². The second kappa shape index (κ2) is 6.59. The van der Waals surface area contributed by atoms with Crippen LogP contribution in [-0.2, 0) is 14.3 Å². The van der Waals surface area contributed by atoms with Gasteiger partial charge in [0.15, 0.2) is 0 Å². The summed E-state index contributed by atoms with van der Waals surface area (Å²) in [6.07, 6.45) is 2.17. The first-order valence-electron chi connectivity index (χ1n) is 6.10. The Bertz CT molecular complexity index is 272. The van der Waals surface area contributed by atoms with Gasteiger partial charge in [-0.3, -0.25) is 9.59 Å². The highest BCUT2D eigenvalue weighted by atomic mass is 16.5. The summed E-state index contributed by atoms with van der Waals surface area (Å²) in [5.41, 5.74) is 0. The zero-order valence-corrected chi connectivity index (χ0v) is 10.5. The fourth-order valence-corrected chi connectivity index (χ4v) is 1.99. The number of ether oxygens (including phenoxy) is 1. The van der Waals surface area contributed by atoms with E-state index in [1.165, 1.54) is 4.90 Å². The Morgan fingerprint density at radius 1 is 1.47 bits per heavy atom. The number of carbonyl (C=O) groups is 2. The fraction of sp³-hybridized carbons (Fsp3) is 0.833. The Morgan fingerprint density at radius 3 is 2.65 bits per heavy atom. The summed E-state index contributed by atoms with van der Waals surface area (Å²) in [6.45, 7) is 4.91. The second-order valence-corrected chi connectivity index (χ2v) is 4.90. The van der Waals surface area contributed by atoms with Crippen molar-refractivity contribution in [3.63, 3.8) is 0 Å². The van der Waals surface area contributed by atoms with E-state index in [9.17, 15) is 9.59 Å². The van der Waals surface area contributed by atoms with Crippen molar-refractivity contribution in [1.29, 1.82) is 0 Å². The standard InChI is InChI=1S/C12H21NO4/c1-9(2)7-13(8-12(15)16)11(14)6-10-4-3-5-17-10/h9-10H,3-8H2,1-2H3,(H,15,16). The third-order valence-electron chi connectivity index (χ3n) is 2.69. The van der Waals surface area contributed by atoms with Gasteiger partial charge in [0.05, 0.1) is 12.5 Å². The van der Waals surface area contributed by atoms with Crippen LogP contribution in [0.3, 0.4) is 0 Å². The molecule has 0 saturated carbocycles. The van der Waals surface area contributed by atoms with E-state index in [2.05, 4.69) is 0 Å². The van der Waals surface area contributed by atoms with Crippen LogP contribution in [0.1, 0.15) is 33.1 Å². The van der Waals surface area contributed by atoms with E-state index >= 15 is 0 Å². The van der Waals surface area contributed by atoms with Crippen LogP contribution >= 0.6 is 0 Å². The monoisotopic (exact) mass is 243 g/mol. The Balaban J connectivity index is 2.48. The van der Waals surface area contributed by atoms with Crippen molar-refractivity contribution in [3.05, 3.63) is 0 Å². The first kappa shape index (κ1) is 14.0. The predicted octanol–water partition coefficient (Wildman–Crippen LogP) is 1.12. The van der Waals surface area contributed by atoms with E-state index < -0.39 is 5.97 Å². The van der Waals surface area contributed by atoms with Crippen molar-refractivity contribution in [3.8, 4) is 0 Å². The van der Waals surface area contributed by atoms with E-state index in [1.807, 2.05) is 13.8 Å². The molecule has 98 valence electrons. The highest BCUT2D eigenvalue weighted by Crippen LogP contribution is 2.16. The molecule has 0 radical (unpaired) electrons. The summed E-state index contributed by atoms with van der Waals surface area (Å²) in [5, 5.41) is 8.78. The first-order valence-corrected chi connectivity index (χ1v) is 6.10. The molecule has 5 heteroatoms. The summed E-state index contributed by atoms with van der Waals surface area (Å²) in [4.78, 5) is 24.1. The molecule has 1 fully saturated rings. The highest BCUT2D eigenvalue weighted by molar-refractivity contribution is 5.81. The predicted molar refractivity (Wildman–Crippen MR) is 62.6 cm³/mol. The largest absolute Gasteiger partial charge is 0.480 e. The lowest BCUT2D eigenvalue weighted by molar-refractivity contribution is -0.145. The molecule has 0 aliphatic carbocycles. The molecule has 0 aromatic rings. The second-order valence-electron chi connectivity index (χ2n) is 4.90. The van der Waals surface area contributed by atoms with Crippen LogP contribution in [0.4, 0.5) is 0 Å². The topological polar surface area (TPSA) is 66.8 Å². The molecule has 0 aromatic heterocycles. The van der Waals surface area contributed by atoms with Crippen LogP contribution in [0.15, 0.2) is 0 Å². The van der Waals surface area contributed by atoms with Gasteiger partial charge in [-0.1, -0.05) is 13.8 Å². The molecule has 0 spiro atoms. The lowest BCUT2D eigenvalue weighted by Crippen LogP contribution is -2.39. The third-order valence-corrected chi connectivity index (χ3v) is 2.69. The molecule has 1 N–H and O–H groups in total. The van der Waals surface area contributed by atoms with Crippen LogP contribution in [-0.4, -0.2) is 47.7 Å². The third kappa shape index (κ3) is 5.17. The molecular formula is C12H21NO4. The number of aliphatic carboxylic acids is 1. The van der Waals surface area contributed by atoms with Crippen LogP contribution in [0.2, 0.25) is 0 Å². The molecule has 1 heterocycles. The minimum atomic E-state index is -0.966. The van der Waals surface area contributed by atoms with E-state index in [-0.39, 0.29) is 24.5 Å². The van der Waals surface area contributed by atoms with Gasteiger partial charge in [-0.25, -0.2) is 0 Å². The van der Waals surface area contributed by atoms with Crippen molar-refractivity contribution in [2.24, 2.45) is 5.92 Å². The summed E-state index contributed by atoms with van der Waals surface area (Å²) in [5.74, 6) is -0.817. The average Bonchev–Trinajstić information content (AvgIpc) is 2.67. The van der Waals surface area contributed by atoms with Crippen LogP contribution in [0.25, 0.3) is 0 Å². The van der Waals surface area contributed by atoms with E-state index in [1.54, 1.807) is 0 Å². The van der Waals surface area contributed by atoms with Gasteiger partial charge in [0, 0.05) is 13.2 Å². The minimum Gasteiger partial charge on any atom is -0.480 e. The molecular weight excluding hydrogens is 222 g/mol. The minimum absolute atomic E-state index is 0.0223. The number of rotatable bonds is 6.